The lowest BCUT2D eigenvalue weighted by atomic mass is 9.31. The van der Waals surface area contributed by atoms with E-state index in [1.807, 2.05) is 24.3 Å². The molecule has 4 aliphatic rings. The molecule has 1 heterocycles. The van der Waals surface area contributed by atoms with E-state index < -0.39 is 10.0 Å². The van der Waals surface area contributed by atoms with Crippen molar-refractivity contribution in [1.29, 1.82) is 0 Å². The quantitative estimate of drug-likeness (QED) is 0.345. The van der Waals surface area contributed by atoms with Crippen LogP contribution in [0.15, 0.2) is 65.7 Å². The van der Waals surface area contributed by atoms with E-state index in [1.165, 1.54) is 50.8 Å². The van der Waals surface area contributed by atoms with Crippen molar-refractivity contribution < 1.29 is 8.42 Å². The Balaban J connectivity index is 1.06. The van der Waals surface area contributed by atoms with Crippen molar-refractivity contribution in [3.05, 3.63) is 71.2 Å². The molecule has 0 radical (unpaired) electrons. The molecule has 3 aromatic rings. The van der Waals surface area contributed by atoms with Crippen LogP contribution in [0.3, 0.4) is 0 Å². The van der Waals surface area contributed by atoms with Crippen LogP contribution in [0.5, 0.6) is 0 Å². The van der Waals surface area contributed by atoms with Crippen LogP contribution in [0.4, 0.5) is 22.9 Å². The fourth-order valence-electron chi connectivity index (χ4n) is 8.28. The molecule has 1 aromatic heterocycles. The van der Waals surface area contributed by atoms with Crippen molar-refractivity contribution in [2.75, 3.05) is 17.7 Å². The molecule has 1 spiro atoms. The Morgan fingerprint density at radius 3 is 2.39 bits per heavy atom. The molecule has 7 rings (SSSR count). The number of rotatable bonds is 7. The average Bonchev–Trinajstić information content (AvgIpc) is 3.37. The summed E-state index contributed by atoms with van der Waals surface area (Å²) in [6, 6.07) is 19.3. The second kappa shape index (κ2) is 7.70. The van der Waals surface area contributed by atoms with Gasteiger partial charge in [-0.2, -0.15) is 0 Å². The van der Waals surface area contributed by atoms with Gasteiger partial charge >= 0.3 is 0 Å². The third-order valence-corrected chi connectivity index (χ3v) is 11.2. The maximum Gasteiger partial charge on any atom is 0.257 e. The lowest BCUT2D eigenvalue weighted by Gasteiger charge is -2.73. The number of pyridine rings is 1. The van der Waals surface area contributed by atoms with E-state index in [0.717, 1.165) is 39.8 Å². The zero-order valence-corrected chi connectivity index (χ0v) is 21.7. The molecule has 2 bridgehead atoms. The smallest absolute Gasteiger partial charge is 0.257 e. The average molecular weight is 521 g/mol. The van der Waals surface area contributed by atoms with Crippen molar-refractivity contribution in [3.63, 3.8) is 0 Å². The summed E-state index contributed by atoms with van der Waals surface area (Å²) < 4.78 is 26.3. The van der Waals surface area contributed by atoms with Crippen LogP contribution in [-0.4, -0.2) is 20.4 Å². The predicted molar refractivity (Wildman–Crippen MR) is 143 cm³/mol. The number of aromatic nitrogens is 1. The number of fused-ring (bicyclic) bond motifs is 1. The highest BCUT2D eigenvalue weighted by molar-refractivity contribution is 7.89. The number of hydrogen-bond donors (Lipinski definition) is 3. The van der Waals surface area contributed by atoms with Gasteiger partial charge in [-0.25, -0.2) is 18.1 Å². The van der Waals surface area contributed by atoms with Crippen LogP contribution in [0.25, 0.3) is 0 Å². The van der Waals surface area contributed by atoms with Crippen molar-refractivity contribution in [3.8, 4) is 0 Å². The summed E-state index contributed by atoms with van der Waals surface area (Å²) in [7, 11) is -2.23. The molecule has 5 atom stereocenters. The molecule has 4 fully saturated rings. The van der Waals surface area contributed by atoms with Gasteiger partial charge in [0.25, 0.3) is 10.0 Å². The maximum atomic E-state index is 12.0. The Morgan fingerprint density at radius 2 is 1.69 bits per heavy atom. The van der Waals surface area contributed by atoms with Crippen LogP contribution in [0.1, 0.15) is 37.7 Å². The molecule has 8 heteroatoms. The van der Waals surface area contributed by atoms with Crippen molar-refractivity contribution in [2.45, 2.75) is 42.5 Å². The van der Waals surface area contributed by atoms with Gasteiger partial charge in [-0.3, -0.25) is 0 Å². The summed E-state index contributed by atoms with van der Waals surface area (Å²) in [5, 5.41) is 7.35. The number of benzene rings is 2. The summed E-state index contributed by atoms with van der Waals surface area (Å²) in [4.78, 5) is 4.20. The zero-order valence-electron chi connectivity index (χ0n) is 20.1. The Morgan fingerprint density at radius 1 is 0.917 bits per heavy atom. The van der Waals surface area contributed by atoms with Crippen molar-refractivity contribution in [1.82, 2.24) is 9.71 Å². The van der Waals surface area contributed by atoms with Crippen LogP contribution >= 0.6 is 11.6 Å². The number of anilines is 4. The standard InChI is InChI=1S/C28H29ClN4O2S/c1-30-36(34,35)26-4-2-3-25(33-26)32-22-8-6-21(7-9-22)31-24-10-5-18(13-23(24)29)27-14-17-11-19-12-20(16-27)28(19,27)15-17/h2-10,13,17,19-20,30-31H,11-12,14-16H2,1H3,(H,32,33). The minimum Gasteiger partial charge on any atom is -0.354 e. The minimum absolute atomic E-state index is 0.0267. The van der Waals surface area contributed by atoms with E-state index in [1.54, 1.807) is 12.1 Å². The first-order chi connectivity index (χ1) is 17.3. The fraction of sp³-hybridized carbons (Fsp3) is 0.393. The van der Waals surface area contributed by atoms with Crippen molar-refractivity contribution in [2.24, 2.45) is 23.2 Å². The van der Waals surface area contributed by atoms with Gasteiger partial charge in [0.2, 0.25) is 0 Å². The molecule has 5 unspecified atom stereocenters. The highest BCUT2D eigenvalue weighted by atomic mass is 35.5. The molecule has 186 valence electrons. The Kier molecular flexibility index (Phi) is 4.83. The number of nitrogens with one attached hydrogen (secondary N) is 3. The van der Waals surface area contributed by atoms with Gasteiger partial charge in [0, 0.05) is 16.8 Å². The third-order valence-electron chi connectivity index (χ3n) is 9.62. The molecular weight excluding hydrogens is 492 g/mol. The van der Waals surface area contributed by atoms with Gasteiger partial charge in [-0.05, 0) is 116 Å². The van der Waals surface area contributed by atoms with Gasteiger partial charge in [0.1, 0.15) is 5.82 Å². The third kappa shape index (κ3) is 3.06. The van der Waals surface area contributed by atoms with Crippen LogP contribution in [0.2, 0.25) is 5.02 Å². The highest BCUT2D eigenvalue weighted by Gasteiger charge is 2.80. The molecule has 0 saturated heterocycles. The van der Waals surface area contributed by atoms with Gasteiger partial charge in [0.15, 0.2) is 5.03 Å². The lowest BCUT2D eigenvalue weighted by Crippen LogP contribution is -2.68. The van der Waals surface area contributed by atoms with E-state index in [0.29, 0.717) is 16.6 Å². The summed E-state index contributed by atoms with van der Waals surface area (Å²) in [6.45, 7) is 0. The molecule has 4 saturated carbocycles. The summed E-state index contributed by atoms with van der Waals surface area (Å²) >= 11 is 6.80. The van der Waals surface area contributed by atoms with Gasteiger partial charge in [-0.1, -0.05) is 23.7 Å². The first kappa shape index (κ1) is 22.6. The zero-order chi connectivity index (χ0) is 24.7. The molecular formula is C28H29ClN4O2S. The largest absolute Gasteiger partial charge is 0.354 e. The molecule has 3 N–H and O–H groups in total. The van der Waals surface area contributed by atoms with Gasteiger partial charge in [0.05, 0.1) is 10.7 Å². The maximum absolute atomic E-state index is 12.0. The fourth-order valence-corrected chi connectivity index (χ4v) is 9.19. The van der Waals surface area contributed by atoms with Gasteiger partial charge < -0.3 is 10.6 Å². The minimum atomic E-state index is -3.60. The second-order valence-electron chi connectivity index (χ2n) is 11.1. The molecule has 6 nitrogen and oxygen atoms in total. The highest BCUT2D eigenvalue weighted by Crippen LogP contribution is 2.86. The Bertz CT molecular complexity index is 1480. The molecule has 0 aliphatic heterocycles. The second-order valence-corrected chi connectivity index (χ2v) is 13.3. The summed E-state index contributed by atoms with van der Waals surface area (Å²) in [5.41, 5.74) is 5.08. The molecule has 36 heavy (non-hydrogen) atoms. The van der Waals surface area contributed by atoms with E-state index in [2.05, 4.69) is 38.5 Å². The summed E-state index contributed by atoms with van der Waals surface area (Å²) in [5.74, 6) is 3.31. The number of halogens is 1. The van der Waals surface area contributed by atoms with E-state index >= 15 is 0 Å². The molecule has 4 aliphatic carbocycles. The Hall–Kier alpha value is -2.61. The number of sulfonamides is 1. The Labute approximate surface area is 216 Å². The van der Waals surface area contributed by atoms with E-state index in [9.17, 15) is 8.42 Å². The van der Waals surface area contributed by atoms with Crippen LogP contribution < -0.4 is 15.4 Å². The SMILES string of the molecule is CNS(=O)(=O)c1cccc(Nc2ccc(Nc3ccc(C45CC6CC7CC(C4)C75C6)cc3Cl)cc2)n1. The molecule has 0 amide bonds. The topological polar surface area (TPSA) is 83.1 Å². The van der Waals surface area contributed by atoms with Crippen LogP contribution in [0, 0.1) is 23.2 Å². The van der Waals surface area contributed by atoms with E-state index in [4.69, 9.17) is 11.6 Å². The van der Waals surface area contributed by atoms with E-state index in [-0.39, 0.29) is 5.03 Å². The monoisotopic (exact) mass is 520 g/mol. The lowest BCUT2D eigenvalue weighted by molar-refractivity contribution is -0.198. The summed E-state index contributed by atoms with van der Waals surface area (Å²) in [6.07, 6.45) is 7.10. The normalized spacial score (nSPS) is 31.3. The van der Waals surface area contributed by atoms with Crippen LogP contribution in [-0.2, 0) is 15.4 Å². The predicted octanol–water partition coefficient (Wildman–Crippen LogP) is 6.21. The first-order valence-corrected chi connectivity index (χ1v) is 14.5. The molecule has 2 aromatic carbocycles. The number of nitrogens with zero attached hydrogens (tertiary/aromatic N) is 1. The number of hydrogen-bond acceptors (Lipinski definition) is 5. The van der Waals surface area contributed by atoms with Crippen molar-refractivity contribution >= 4 is 44.5 Å². The van der Waals surface area contributed by atoms with Gasteiger partial charge in [-0.15, -0.1) is 0 Å². The first-order valence-electron chi connectivity index (χ1n) is 12.7.